The molecule has 8 nitrogen and oxygen atoms in total. The topological polar surface area (TPSA) is 108 Å². The first kappa shape index (κ1) is 17.2. The first-order chi connectivity index (χ1) is 11.4. The summed E-state index contributed by atoms with van der Waals surface area (Å²) in [6.07, 6.45) is 0. The molecule has 0 radical (unpaired) electrons. The van der Waals surface area contributed by atoms with Crippen LogP contribution < -0.4 is 5.73 Å². The highest BCUT2D eigenvalue weighted by Gasteiger charge is 2.33. The van der Waals surface area contributed by atoms with Crippen LogP contribution in [-0.4, -0.2) is 56.3 Å². The van der Waals surface area contributed by atoms with Gasteiger partial charge in [-0.05, 0) is 12.1 Å². The summed E-state index contributed by atoms with van der Waals surface area (Å²) in [4.78, 5) is 14.0. The van der Waals surface area contributed by atoms with Gasteiger partial charge in [-0.25, -0.2) is 8.42 Å². The van der Waals surface area contributed by atoms with Crippen molar-refractivity contribution in [3.8, 4) is 0 Å². The van der Waals surface area contributed by atoms with E-state index in [0.717, 1.165) is 11.4 Å². The number of amides is 1. The monoisotopic (exact) mass is 369 g/mol. The highest BCUT2D eigenvalue weighted by Crippen LogP contribution is 2.38. The smallest absolute Gasteiger partial charge is 0.245 e. The molecular formula is C14H19N5O3S2. The minimum absolute atomic E-state index is 0.0275. The molecule has 2 aliphatic heterocycles. The molecule has 0 aliphatic carbocycles. The average molecular weight is 369 g/mol. The third-order valence-corrected chi connectivity index (χ3v) is 6.67. The van der Waals surface area contributed by atoms with Crippen LogP contribution in [0.25, 0.3) is 0 Å². The van der Waals surface area contributed by atoms with Crippen molar-refractivity contribution in [3.05, 3.63) is 18.2 Å². The van der Waals surface area contributed by atoms with Crippen molar-refractivity contribution in [2.75, 3.05) is 32.7 Å². The number of benzene rings is 1. The predicted octanol–water partition coefficient (Wildman–Crippen LogP) is 0.841. The predicted molar refractivity (Wildman–Crippen MR) is 91.5 cm³/mol. The number of piperazine rings is 1. The maximum Gasteiger partial charge on any atom is 0.245 e. The van der Waals surface area contributed by atoms with E-state index in [1.807, 2.05) is 0 Å². The molecule has 1 fully saturated rings. The lowest BCUT2D eigenvalue weighted by Crippen LogP contribution is -2.52. The molecule has 10 heteroatoms. The highest BCUT2D eigenvalue weighted by molar-refractivity contribution is 7.89. The number of fused-ring (bicyclic) bond motifs is 1. The molecule has 1 unspecified atom stereocenters. The van der Waals surface area contributed by atoms with Crippen LogP contribution in [-0.2, 0) is 26.2 Å². The lowest BCUT2D eigenvalue weighted by atomic mass is 10.1. The minimum atomic E-state index is -3.66. The van der Waals surface area contributed by atoms with Crippen molar-refractivity contribution >= 4 is 38.7 Å². The Morgan fingerprint density at radius 3 is 2.67 bits per heavy atom. The standard InChI is InChI=1S/C14H19N5O3S2/c1-10(9-15)14(20)18-5-7-19(8-6-18)24(21,22)12-4-2-3-11-13(12)17-23-16-11/h2-4,10H,5-9,15H2,1H3. The molecule has 1 aromatic carbocycles. The van der Waals surface area contributed by atoms with E-state index in [9.17, 15) is 13.2 Å². The second-order valence-corrected chi connectivity index (χ2v) is 8.19. The second kappa shape index (κ2) is 6.71. The summed E-state index contributed by atoms with van der Waals surface area (Å²) in [6.45, 7) is 3.33. The Hall–Kier alpha value is -1.62. The van der Waals surface area contributed by atoms with Gasteiger partial charge in [0.1, 0.15) is 16.3 Å². The summed E-state index contributed by atoms with van der Waals surface area (Å²) in [6, 6.07) is 4.95. The summed E-state index contributed by atoms with van der Waals surface area (Å²) < 4.78 is 35.4. The van der Waals surface area contributed by atoms with Gasteiger partial charge in [-0.2, -0.15) is 13.0 Å². The fourth-order valence-corrected chi connectivity index (χ4v) is 4.86. The van der Waals surface area contributed by atoms with Crippen LogP contribution in [0.1, 0.15) is 6.92 Å². The van der Waals surface area contributed by atoms with E-state index >= 15 is 0 Å². The number of sulfonamides is 1. The lowest BCUT2D eigenvalue weighted by Gasteiger charge is -2.35. The summed E-state index contributed by atoms with van der Waals surface area (Å²) >= 11 is 0.992. The third-order valence-electron chi connectivity index (χ3n) is 4.19. The molecule has 0 bridgehead atoms. The SMILES string of the molecule is CC(CN)C(=O)N1CCN(S(=O)(=O)c2cccc3c2N=S=N3)CC1. The van der Waals surface area contributed by atoms with Gasteiger partial charge in [0.15, 0.2) is 0 Å². The molecule has 24 heavy (non-hydrogen) atoms. The van der Waals surface area contributed by atoms with E-state index in [1.165, 1.54) is 4.31 Å². The molecule has 3 rings (SSSR count). The average Bonchev–Trinajstić information content (AvgIpc) is 3.09. The van der Waals surface area contributed by atoms with Gasteiger partial charge in [-0.1, -0.05) is 13.0 Å². The molecule has 1 amide bonds. The quantitative estimate of drug-likeness (QED) is 0.861. The number of carbonyl (C=O) groups excluding carboxylic acids is 1. The van der Waals surface area contributed by atoms with Crippen LogP contribution in [0.15, 0.2) is 31.8 Å². The Kier molecular flexibility index (Phi) is 4.81. The molecule has 0 aromatic heterocycles. The molecule has 1 aromatic rings. The molecule has 1 saturated heterocycles. The van der Waals surface area contributed by atoms with E-state index in [2.05, 4.69) is 8.73 Å². The molecule has 130 valence electrons. The molecule has 2 aliphatic rings. The Morgan fingerprint density at radius 2 is 2.00 bits per heavy atom. The molecular weight excluding hydrogens is 350 g/mol. The zero-order valence-corrected chi connectivity index (χ0v) is 14.9. The highest BCUT2D eigenvalue weighted by atomic mass is 32.2. The number of carbonyl (C=O) groups is 1. The molecule has 0 saturated carbocycles. The molecule has 2 heterocycles. The van der Waals surface area contributed by atoms with Gasteiger partial charge in [-0.15, -0.1) is 0 Å². The van der Waals surface area contributed by atoms with Crippen LogP contribution in [0.2, 0.25) is 0 Å². The van der Waals surface area contributed by atoms with Crippen molar-refractivity contribution in [3.63, 3.8) is 0 Å². The summed E-state index contributed by atoms with van der Waals surface area (Å²) in [5.74, 6) is -0.275. The second-order valence-electron chi connectivity index (χ2n) is 5.75. The maximum absolute atomic E-state index is 12.9. The van der Waals surface area contributed by atoms with Crippen molar-refractivity contribution < 1.29 is 13.2 Å². The maximum atomic E-state index is 12.9. The van der Waals surface area contributed by atoms with E-state index in [-0.39, 0.29) is 36.4 Å². The van der Waals surface area contributed by atoms with Gasteiger partial charge in [0.05, 0.1) is 11.4 Å². The Morgan fingerprint density at radius 1 is 1.29 bits per heavy atom. The van der Waals surface area contributed by atoms with Gasteiger partial charge in [0.2, 0.25) is 15.9 Å². The van der Waals surface area contributed by atoms with Crippen molar-refractivity contribution in [1.82, 2.24) is 9.21 Å². The van der Waals surface area contributed by atoms with Crippen LogP contribution in [0.4, 0.5) is 11.4 Å². The van der Waals surface area contributed by atoms with Crippen LogP contribution in [0, 0.1) is 5.92 Å². The van der Waals surface area contributed by atoms with Crippen molar-refractivity contribution in [2.45, 2.75) is 11.8 Å². The molecule has 1 atom stereocenters. The number of hydrogen-bond acceptors (Lipinski definition) is 6. The van der Waals surface area contributed by atoms with Gasteiger partial charge < -0.3 is 10.6 Å². The number of rotatable bonds is 4. The Balaban J connectivity index is 1.76. The zero-order chi connectivity index (χ0) is 17.3. The minimum Gasteiger partial charge on any atom is -0.340 e. The third kappa shape index (κ3) is 3.02. The van der Waals surface area contributed by atoms with Crippen molar-refractivity contribution in [2.24, 2.45) is 20.4 Å². The van der Waals surface area contributed by atoms with Crippen LogP contribution >= 0.6 is 0 Å². The van der Waals surface area contributed by atoms with E-state index in [1.54, 1.807) is 30.0 Å². The van der Waals surface area contributed by atoms with Crippen LogP contribution in [0.5, 0.6) is 0 Å². The number of hydrogen-bond donors (Lipinski definition) is 1. The molecule has 0 spiro atoms. The van der Waals surface area contributed by atoms with Gasteiger partial charge >= 0.3 is 0 Å². The zero-order valence-electron chi connectivity index (χ0n) is 13.3. The normalized spacial score (nSPS) is 19.0. The fraction of sp³-hybridized carbons (Fsp3) is 0.500. The van der Waals surface area contributed by atoms with E-state index < -0.39 is 10.0 Å². The van der Waals surface area contributed by atoms with E-state index in [0.29, 0.717) is 24.5 Å². The van der Waals surface area contributed by atoms with E-state index in [4.69, 9.17) is 5.73 Å². The Bertz CT molecular complexity index is 825. The van der Waals surface area contributed by atoms with Gasteiger partial charge in [-0.3, -0.25) is 4.79 Å². The fourth-order valence-electron chi connectivity index (χ4n) is 2.69. The number of nitrogens with zero attached hydrogens (tertiary/aromatic N) is 4. The van der Waals surface area contributed by atoms with Gasteiger partial charge in [0, 0.05) is 38.6 Å². The summed E-state index contributed by atoms with van der Waals surface area (Å²) in [5.41, 5.74) is 6.51. The van der Waals surface area contributed by atoms with Crippen molar-refractivity contribution in [1.29, 1.82) is 0 Å². The molecule has 2 N–H and O–H groups in total. The van der Waals surface area contributed by atoms with Crippen LogP contribution in [0.3, 0.4) is 0 Å². The summed E-state index contributed by atoms with van der Waals surface area (Å²) in [5, 5.41) is 0. The first-order valence-corrected chi connectivity index (χ1v) is 9.82. The summed E-state index contributed by atoms with van der Waals surface area (Å²) in [7, 11) is -3.66. The van der Waals surface area contributed by atoms with Gasteiger partial charge in [0.25, 0.3) is 0 Å². The number of nitrogens with two attached hydrogens (primary N) is 1. The first-order valence-electron chi connectivity index (χ1n) is 7.65. The Labute approximate surface area is 144 Å². The lowest BCUT2D eigenvalue weighted by molar-refractivity contribution is -0.135. The largest absolute Gasteiger partial charge is 0.340 e.